The summed E-state index contributed by atoms with van der Waals surface area (Å²) in [6.45, 7) is 2.54. The molecule has 3 heteroatoms. The van der Waals surface area contributed by atoms with Gasteiger partial charge in [-0.25, -0.2) is 4.39 Å². The fraction of sp³-hybridized carbons (Fsp3) is 0.571. The van der Waals surface area contributed by atoms with Crippen molar-refractivity contribution in [1.82, 2.24) is 0 Å². The summed E-state index contributed by atoms with van der Waals surface area (Å²) in [5.41, 5.74) is 6.31. The molecule has 1 fully saturated rings. The molecule has 1 aliphatic carbocycles. The summed E-state index contributed by atoms with van der Waals surface area (Å²) in [4.78, 5) is 0. The molecule has 0 saturated heterocycles. The first-order chi connectivity index (χ1) is 8.19. The van der Waals surface area contributed by atoms with Gasteiger partial charge in [0.1, 0.15) is 17.7 Å². The lowest BCUT2D eigenvalue weighted by Crippen LogP contribution is -2.28. The zero-order chi connectivity index (χ0) is 12.3. The van der Waals surface area contributed by atoms with Gasteiger partial charge in [0.15, 0.2) is 0 Å². The third kappa shape index (κ3) is 3.19. The van der Waals surface area contributed by atoms with Crippen LogP contribution in [0.5, 0.6) is 5.75 Å². The molecule has 1 aromatic carbocycles. The van der Waals surface area contributed by atoms with Crippen LogP contribution in [-0.2, 0) is 6.54 Å². The Morgan fingerprint density at radius 3 is 2.76 bits per heavy atom. The number of ether oxygens (including phenoxy) is 1. The van der Waals surface area contributed by atoms with Crippen molar-refractivity contribution >= 4 is 0 Å². The molecule has 0 radical (unpaired) electrons. The van der Waals surface area contributed by atoms with Gasteiger partial charge in [0.05, 0.1) is 0 Å². The number of hydrogen-bond donors (Lipinski definition) is 1. The Kier molecular flexibility index (Phi) is 4.00. The Labute approximate surface area is 102 Å². The molecule has 0 aliphatic heterocycles. The topological polar surface area (TPSA) is 35.2 Å². The van der Waals surface area contributed by atoms with Crippen LogP contribution >= 0.6 is 0 Å². The van der Waals surface area contributed by atoms with Crippen molar-refractivity contribution in [1.29, 1.82) is 0 Å². The Balaban J connectivity index is 2.09. The van der Waals surface area contributed by atoms with E-state index in [1.165, 1.54) is 31.4 Å². The van der Waals surface area contributed by atoms with E-state index in [0.29, 0.717) is 18.2 Å². The SMILES string of the molecule is CC1CCCCC1Oc1cc(F)cc(CN)c1. The molecule has 2 atom stereocenters. The van der Waals surface area contributed by atoms with Gasteiger partial charge in [0.25, 0.3) is 0 Å². The van der Waals surface area contributed by atoms with E-state index in [1.807, 2.05) is 6.07 Å². The van der Waals surface area contributed by atoms with E-state index in [9.17, 15) is 4.39 Å². The first-order valence-corrected chi connectivity index (χ1v) is 6.35. The van der Waals surface area contributed by atoms with Crippen molar-refractivity contribution in [2.45, 2.75) is 45.3 Å². The lowest BCUT2D eigenvalue weighted by atomic mass is 9.88. The van der Waals surface area contributed by atoms with E-state index in [1.54, 1.807) is 0 Å². The van der Waals surface area contributed by atoms with Gasteiger partial charge in [0, 0.05) is 12.6 Å². The van der Waals surface area contributed by atoms with Crippen LogP contribution in [0.1, 0.15) is 38.2 Å². The lowest BCUT2D eigenvalue weighted by molar-refractivity contribution is 0.102. The lowest BCUT2D eigenvalue weighted by Gasteiger charge is -2.29. The first kappa shape index (κ1) is 12.4. The zero-order valence-electron chi connectivity index (χ0n) is 10.3. The predicted molar refractivity (Wildman–Crippen MR) is 66.3 cm³/mol. The van der Waals surface area contributed by atoms with Gasteiger partial charge in [-0.1, -0.05) is 13.3 Å². The second kappa shape index (κ2) is 5.50. The number of nitrogens with two attached hydrogens (primary N) is 1. The van der Waals surface area contributed by atoms with Crippen LogP contribution in [0.25, 0.3) is 0 Å². The number of hydrogen-bond acceptors (Lipinski definition) is 2. The molecule has 0 heterocycles. The van der Waals surface area contributed by atoms with Crippen LogP contribution in [0, 0.1) is 11.7 Å². The third-order valence-electron chi connectivity index (χ3n) is 3.49. The molecule has 1 aromatic rings. The molecule has 17 heavy (non-hydrogen) atoms. The average Bonchev–Trinajstić information content (AvgIpc) is 2.31. The zero-order valence-corrected chi connectivity index (χ0v) is 10.3. The second-order valence-electron chi connectivity index (χ2n) is 4.92. The highest BCUT2D eigenvalue weighted by Crippen LogP contribution is 2.28. The Hall–Kier alpha value is -1.09. The minimum Gasteiger partial charge on any atom is -0.490 e. The van der Waals surface area contributed by atoms with Gasteiger partial charge in [-0.05, 0) is 42.9 Å². The molecule has 2 nitrogen and oxygen atoms in total. The largest absolute Gasteiger partial charge is 0.490 e. The summed E-state index contributed by atoms with van der Waals surface area (Å²) < 4.78 is 19.2. The van der Waals surface area contributed by atoms with Crippen LogP contribution < -0.4 is 10.5 Å². The fourth-order valence-electron chi connectivity index (χ4n) is 2.44. The normalized spacial score (nSPS) is 24.6. The summed E-state index contributed by atoms with van der Waals surface area (Å²) in [5, 5.41) is 0. The maximum atomic E-state index is 13.3. The van der Waals surface area contributed by atoms with E-state index in [4.69, 9.17) is 10.5 Å². The van der Waals surface area contributed by atoms with E-state index < -0.39 is 0 Å². The van der Waals surface area contributed by atoms with E-state index in [-0.39, 0.29) is 11.9 Å². The highest BCUT2D eigenvalue weighted by Gasteiger charge is 2.23. The summed E-state index contributed by atoms with van der Waals surface area (Å²) in [6.07, 6.45) is 4.96. The molecule has 0 amide bonds. The second-order valence-corrected chi connectivity index (χ2v) is 4.92. The van der Waals surface area contributed by atoms with Gasteiger partial charge in [-0.2, -0.15) is 0 Å². The van der Waals surface area contributed by atoms with Crippen molar-refractivity contribution in [2.24, 2.45) is 11.7 Å². The van der Waals surface area contributed by atoms with Crippen molar-refractivity contribution < 1.29 is 9.13 Å². The average molecular weight is 237 g/mol. The maximum absolute atomic E-state index is 13.3. The number of halogens is 1. The highest BCUT2D eigenvalue weighted by atomic mass is 19.1. The summed E-state index contributed by atoms with van der Waals surface area (Å²) in [5.74, 6) is 0.893. The molecule has 94 valence electrons. The standard InChI is InChI=1S/C14H20FNO/c1-10-4-2-3-5-14(10)17-13-7-11(9-16)6-12(15)8-13/h6-8,10,14H,2-5,9,16H2,1H3. The smallest absolute Gasteiger partial charge is 0.127 e. The summed E-state index contributed by atoms with van der Waals surface area (Å²) >= 11 is 0. The Morgan fingerprint density at radius 2 is 2.06 bits per heavy atom. The van der Waals surface area contributed by atoms with E-state index >= 15 is 0 Å². The molecule has 2 N–H and O–H groups in total. The predicted octanol–water partition coefficient (Wildman–Crippen LogP) is 3.24. The monoisotopic (exact) mass is 237 g/mol. The highest BCUT2D eigenvalue weighted by molar-refractivity contribution is 5.29. The molecular formula is C14H20FNO. The van der Waals surface area contributed by atoms with Gasteiger partial charge >= 0.3 is 0 Å². The number of rotatable bonds is 3. The van der Waals surface area contributed by atoms with Crippen LogP contribution in [-0.4, -0.2) is 6.10 Å². The van der Waals surface area contributed by atoms with Crippen molar-refractivity contribution in [3.63, 3.8) is 0 Å². The molecular weight excluding hydrogens is 217 g/mol. The van der Waals surface area contributed by atoms with Gasteiger partial charge in [-0.15, -0.1) is 0 Å². The van der Waals surface area contributed by atoms with Gasteiger partial charge in [0.2, 0.25) is 0 Å². The van der Waals surface area contributed by atoms with Crippen molar-refractivity contribution in [3.8, 4) is 5.75 Å². The molecule has 1 aliphatic rings. The van der Waals surface area contributed by atoms with Crippen LogP contribution in [0.3, 0.4) is 0 Å². The summed E-state index contributed by atoms with van der Waals surface area (Å²) in [7, 11) is 0. The molecule has 0 spiro atoms. The quantitative estimate of drug-likeness (QED) is 0.876. The minimum absolute atomic E-state index is 0.219. The maximum Gasteiger partial charge on any atom is 0.127 e. The molecule has 0 aromatic heterocycles. The van der Waals surface area contributed by atoms with Crippen molar-refractivity contribution in [3.05, 3.63) is 29.6 Å². The molecule has 0 bridgehead atoms. The van der Waals surface area contributed by atoms with Crippen LogP contribution in [0.15, 0.2) is 18.2 Å². The molecule has 1 saturated carbocycles. The van der Waals surface area contributed by atoms with Crippen molar-refractivity contribution in [2.75, 3.05) is 0 Å². The third-order valence-corrected chi connectivity index (χ3v) is 3.49. The van der Waals surface area contributed by atoms with Gasteiger partial charge in [-0.3, -0.25) is 0 Å². The Morgan fingerprint density at radius 1 is 1.29 bits per heavy atom. The molecule has 2 unspecified atom stereocenters. The van der Waals surface area contributed by atoms with Gasteiger partial charge < -0.3 is 10.5 Å². The Bertz CT molecular complexity index is 380. The fourth-order valence-corrected chi connectivity index (χ4v) is 2.44. The van der Waals surface area contributed by atoms with Crippen LogP contribution in [0.4, 0.5) is 4.39 Å². The minimum atomic E-state index is -0.272. The first-order valence-electron chi connectivity index (χ1n) is 6.35. The van der Waals surface area contributed by atoms with E-state index in [2.05, 4.69) is 6.92 Å². The summed E-state index contributed by atoms with van der Waals surface area (Å²) in [6, 6.07) is 4.74. The van der Waals surface area contributed by atoms with Crippen LogP contribution in [0.2, 0.25) is 0 Å². The molecule has 2 rings (SSSR count). The number of benzene rings is 1. The van der Waals surface area contributed by atoms with E-state index in [0.717, 1.165) is 12.0 Å².